The van der Waals surface area contributed by atoms with Crippen LogP contribution in [-0.4, -0.2) is 29.1 Å². The van der Waals surface area contributed by atoms with Crippen LogP contribution in [0.1, 0.15) is 19.8 Å². The van der Waals surface area contributed by atoms with E-state index in [-0.39, 0.29) is 5.97 Å². The number of ether oxygens (including phenoxy) is 1. The Morgan fingerprint density at radius 2 is 2.20 bits per heavy atom. The lowest BCUT2D eigenvalue weighted by Crippen LogP contribution is -2.09. The highest BCUT2D eigenvalue weighted by molar-refractivity contribution is 5.69. The van der Waals surface area contributed by atoms with Crippen LogP contribution in [0.4, 0.5) is 5.95 Å². The zero-order chi connectivity index (χ0) is 10.9. The van der Waals surface area contributed by atoms with E-state index >= 15 is 0 Å². The molecule has 1 N–H and O–H groups in total. The predicted molar refractivity (Wildman–Crippen MR) is 56.4 cm³/mol. The smallest absolute Gasteiger partial charge is 0.305 e. The van der Waals surface area contributed by atoms with Gasteiger partial charge in [-0.3, -0.25) is 4.79 Å². The van der Waals surface area contributed by atoms with Gasteiger partial charge in [0.2, 0.25) is 5.95 Å². The van der Waals surface area contributed by atoms with Crippen LogP contribution in [0.25, 0.3) is 0 Å². The maximum Gasteiger partial charge on any atom is 0.305 e. The van der Waals surface area contributed by atoms with Crippen LogP contribution in [-0.2, 0) is 9.53 Å². The topological polar surface area (TPSA) is 64.1 Å². The first kappa shape index (κ1) is 11.4. The Balaban J connectivity index is 2.10. The van der Waals surface area contributed by atoms with Gasteiger partial charge in [0.15, 0.2) is 0 Å². The summed E-state index contributed by atoms with van der Waals surface area (Å²) < 4.78 is 4.80. The molecule has 0 aromatic carbocycles. The Hall–Kier alpha value is -1.65. The minimum Gasteiger partial charge on any atom is -0.466 e. The van der Waals surface area contributed by atoms with E-state index in [4.69, 9.17) is 4.74 Å². The molecule has 0 radical (unpaired) electrons. The van der Waals surface area contributed by atoms with Crippen LogP contribution in [0.3, 0.4) is 0 Å². The van der Waals surface area contributed by atoms with Crippen LogP contribution >= 0.6 is 0 Å². The summed E-state index contributed by atoms with van der Waals surface area (Å²) in [6, 6.07) is 1.75. The van der Waals surface area contributed by atoms with Crippen molar-refractivity contribution in [3.05, 3.63) is 18.5 Å². The fourth-order valence-electron chi connectivity index (χ4n) is 1.06. The van der Waals surface area contributed by atoms with Gasteiger partial charge in [0, 0.05) is 25.4 Å². The van der Waals surface area contributed by atoms with Gasteiger partial charge in [-0.25, -0.2) is 9.97 Å². The van der Waals surface area contributed by atoms with Crippen LogP contribution in [0.5, 0.6) is 0 Å². The van der Waals surface area contributed by atoms with Crippen molar-refractivity contribution in [2.45, 2.75) is 19.8 Å². The molecule has 0 amide bonds. The van der Waals surface area contributed by atoms with Crippen molar-refractivity contribution in [1.82, 2.24) is 9.97 Å². The molecule has 0 fully saturated rings. The Bertz CT molecular complexity index is 290. The average Bonchev–Trinajstić information content (AvgIpc) is 2.26. The maximum absolute atomic E-state index is 11.0. The molecule has 0 aliphatic carbocycles. The van der Waals surface area contributed by atoms with E-state index in [1.54, 1.807) is 25.4 Å². The number of carbonyl (C=O) groups is 1. The van der Waals surface area contributed by atoms with Gasteiger partial charge in [-0.05, 0) is 19.4 Å². The number of esters is 1. The second kappa shape index (κ2) is 6.75. The molecule has 5 heteroatoms. The number of rotatable bonds is 6. The molecule has 5 nitrogen and oxygen atoms in total. The van der Waals surface area contributed by atoms with Gasteiger partial charge in [-0.15, -0.1) is 0 Å². The highest BCUT2D eigenvalue weighted by Gasteiger charge is 2.00. The molecule has 0 aliphatic heterocycles. The average molecular weight is 209 g/mol. The molecule has 0 saturated carbocycles. The first-order valence-corrected chi connectivity index (χ1v) is 4.99. The van der Waals surface area contributed by atoms with Crippen molar-refractivity contribution in [1.29, 1.82) is 0 Å². The summed E-state index contributed by atoms with van der Waals surface area (Å²) in [7, 11) is 0. The number of hydrogen-bond donors (Lipinski definition) is 1. The molecular weight excluding hydrogens is 194 g/mol. The lowest BCUT2D eigenvalue weighted by atomic mass is 10.3. The number of anilines is 1. The Kier molecular flexibility index (Phi) is 5.14. The van der Waals surface area contributed by atoms with Gasteiger partial charge in [-0.1, -0.05) is 0 Å². The molecule has 0 atom stereocenters. The molecule has 82 valence electrons. The lowest BCUT2D eigenvalue weighted by molar-refractivity contribution is -0.143. The first-order valence-electron chi connectivity index (χ1n) is 4.99. The lowest BCUT2D eigenvalue weighted by Gasteiger charge is -2.03. The fourth-order valence-corrected chi connectivity index (χ4v) is 1.06. The van der Waals surface area contributed by atoms with Crippen molar-refractivity contribution < 1.29 is 9.53 Å². The number of aromatic nitrogens is 2. The van der Waals surface area contributed by atoms with E-state index in [2.05, 4.69) is 15.3 Å². The summed E-state index contributed by atoms with van der Waals surface area (Å²) >= 11 is 0. The molecule has 0 bridgehead atoms. The van der Waals surface area contributed by atoms with Gasteiger partial charge < -0.3 is 10.1 Å². The van der Waals surface area contributed by atoms with E-state index in [1.807, 2.05) is 0 Å². The van der Waals surface area contributed by atoms with Crippen LogP contribution < -0.4 is 5.32 Å². The van der Waals surface area contributed by atoms with Crippen molar-refractivity contribution >= 4 is 11.9 Å². The summed E-state index contributed by atoms with van der Waals surface area (Å²) in [6.07, 6.45) is 4.48. The SMILES string of the molecule is CCOC(=O)CCCNc1ncccn1. The van der Waals surface area contributed by atoms with E-state index in [0.717, 1.165) is 6.42 Å². The van der Waals surface area contributed by atoms with Crippen LogP contribution in [0, 0.1) is 0 Å². The summed E-state index contributed by atoms with van der Waals surface area (Å²) in [6.45, 7) is 2.91. The second-order valence-corrected chi connectivity index (χ2v) is 2.91. The van der Waals surface area contributed by atoms with E-state index in [0.29, 0.717) is 25.5 Å². The predicted octanol–water partition coefficient (Wildman–Crippen LogP) is 1.23. The molecule has 0 aliphatic rings. The van der Waals surface area contributed by atoms with E-state index in [1.165, 1.54) is 0 Å². The maximum atomic E-state index is 11.0. The molecule has 0 spiro atoms. The summed E-state index contributed by atoms with van der Waals surface area (Å²) in [4.78, 5) is 19.0. The molecule has 1 aromatic heterocycles. The minimum atomic E-state index is -0.159. The zero-order valence-corrected chi connectivity index (χ0v) is 8.77. The third-order valence-corrected chi connectivity index (χ3v) is 1.71. The molecule has 0 unspecified atom stereocenters. The quantitative estimate of drug-likeness (QED) is 0.564. The fraction of sp³-hybridized carbons (Fsp3) is 0.500. The third kappa shape index (κ3) is 4.95. The van der Waals surface area contributed by atoms with E-state index < -0.39 is 0 Å². The largest absolute Gasteiger partial charge is 0.466 e. The van der Waals surface area contributed by atoms with Crippen LogP contribution in [0.15, 0.2) is 18.5 Å². The third-order valence-electron chi connectivity index (χ3n) is 1.71. The van der Waals surface area contributed by atoms with Gasteiger partial charge in [0.25, 0.3) is 0 Å². The highest BCUT2D eigenvalue weighted by atomic mass is 16.5. The standard InChI is InChI=1S/C10H15N3O2/c1-2-15-9(14)5-3-6-11-10-12-7-4-8-13-10/h4,7-8H,2-3,5-6H2,1H3,(H,11,12,13). The Morgan fingerprint density at radius 3 is 2.87 bits per heavy atom. The summed E-state index contributed by atoms with van der Waals surface area (Å²) in [5.41, 5.74) is 0. The molecule has 15 heavy (non-hydrogen) atoms. The highest BCUT2D eigenvalue weighted by Crippen LogP contribution is 1.97. The van der Waals surface area contributed by atoms with E-state index in [9.17, 15) is 4.79 Å². The number of hydrogen-bond acceptors (Lipinski definition) is 5. The molecule has 1 aromatic rings. The number of carbonyl (C=O) groups excluding carboxylic acids is 1. The summed E-state index contributed by atoms with van der Waals surface area (Å²) in [5.74, 6) is 0.426. The minimum absolute atomic E-state index is 0.159. The molecule has 1 rings (SSSR count). The van der Waals surface area contributed by atoms with Gasteiger partial charge in [0.1, 0.15) is 0 Å². The van der Waals surface area contributed by atoms with Gasteiger partial charge in [0.05, 0.1) is 6.61 Å². The summed E-state index contributed by atoms with van der Waals surface area (Å²) in [5, 5.41) is 3.01. The normalized spacial score (nSPS) is 9.67. The second-order valence-electron chi connectivity index (χ2n) is 2.91. The van der Waals surface area contributed by atoms with Crippen molar-refractivity contribution in [2.75, 3.05) is 18.5 Å². The Labute approximate surface area is 88.9 Å². The molecule has 0 saturated heterocycles. The van der Waals surface area contributed by atoms with Gasteiger partial charge in [-0.2, -0.15) is 0 Å². The monoisotopic (exact) mass is 209 g/mol. The molecule has 1 heterocycles. The number of nitrogens with one attached hydrogen (secondary N) is 1. The van der Waals surface area contributed by atoms with Gasteiger partial charge >= 0.3 is 5.97 Å². The van der Waals surface area contributed by atoms with Crippen LogP contribution in [0.2, 0.25) is 0 Å². The van der Waals surface area contributed by atoms with Crippen molar-refractivity contribution in [3.63, 3.8) is 0 Å². The number of nitrogens with zero attached hydrogens (tertiary/aromatic N) is 2. The molecular formula is C10H15N3O2. The first-order chi connectivity index (χ1) is 7.33. The van der Waals surface area contributed by atoms with Crippen molar-refractivity contribution in [3.8, 4) is 0 Å². The zero-order valence-electron chi connectivity index (χ0n) is 8.77. The Morgan fingerprint density at radius 1 is 1.47 bits per heavy atom. The van der Waals surface area contributed by atoms with Crippen molar-refractivity contribution in [2.24, 2.45) is 0 Å².